The summed E-state index contributed by atoms with van der Waals surface area (Å²) in [5, 5.41) is 7.52. The van der Waals surface area contributed by atoms with Gasteiger partial charge >= 0.3 is 0 Å². The highest BCUT2D eigenvalue weighted by atomic mass is 15.1. The van der Waals surface area contributed by atoms with Crippen LogP contribution in [0.3, 0.4) is 0 Å². The maximum absolute atomic E-state index is 2.45. The summed E-state index contributed by atoms with van der Waals surface area (Å²) in [5.74, 6) is 0. The Labute approximate surface area is 408 Å². The van der Waals surface area contributed by atoms with Gasteiger partial charge in [-0.1, -0.05) is 218 Å². The Morgan fingerprint density at radius 2 is 0.800 bits per heavy atom. The molecule has 0 atom stereocenters. The van der Waals surface area contributed by atoms with Crippen molar-refractivity contribution in [1.82, 2.24) is 4.57 Å². The summed E-state index contributed by atoms with van der Waals surface area (Å²) in [6, 6.07) is 102. The van der Waals surface area contributed by atoms with Gasteiger partial charge in [0.15, 0.2) is 0 Å². The van der Waals surface area contributed by atoms with E-state index in [2.05, 4.69) is 289 Å². The minimum Gasteiger partial charge on any atom is -0.310 e. The number of hydrogen-bond acceptors (Lipinski definition) is 1. The van der Waals surface area contributed by atoms with Crippen molar-refractivity contribution in [2.75, 3.05) is 4.90 Å². The molecule has 1 heterocycles. The Morgan fingerprint density at radius 3 is 1.60 bits per heavy atom. The molecule has 70 heavy (non-hydrogen) atoms. The number of anilines is 3. The average molecular weight is 891 g/mol. The molecule has 13 rings (SSSR count). The predicted octanol–water partition coefficient (Wildman–Crippen LogP) is 18.9. The van der Waals surface area contributed by atoms with E-state index in [4.69, 9.17) is 0 Å². The molecule has 12 aromatic carbocycles. The van der Waals surface area contributed by atoms with Crippen molar-refractivity contribution in [2.45, 2.75) is 0 Å². The monoisotopic (exact) mass is 890 g/mol. The third-order valence-corrected chi connectivity index (χ3v) is 14.0. The Balaban J connectivity index is 0.988. The van der Waals surface area contributed by atoms with E-state index in [-0.39, 0.29) is 0 Å². The molecule has 2 nitrogen and oxygen atoms in total. The molecule has 0 N–H and O–H groups in total. The summed E-state index contributed by atoms with van der Waals surface area (Å²) < 4.78 is 2.40. The van der Waals surface area contributed by atoms with Gasteiger partial charge < -0.3 is 9.47 Å². The van der Waals surface area contributed by atoms with Crippen LogP contribution in [-0.2, 0) is 0 Å². The van der Waals surface area contributed by atoms with Crippen LogP contribution in [0.5, 0.6) is 0 Å². The van der Waals surface area contributed by atoms with Crippen molar-refractivity contribution < 1.29 is 0 Å². The second-order valence-electron chi connectivity index (χ2n) is 18.0. The van der Waals surface area contributed by atoms with Crippen LogP contribution in [-0.4, -0.2) is 4.57 Å². The summed E-state index contributed by atoms with van der Waals surface area (Å²) in [6.07, 6.45) is 0. The third kappa shape index (κ3) is 7.13. The van der Waals surface area contributed by atoms with Gasteiger partial charge in [-0.2, -0.15) is 0 Å². The number of rotatable bonds is 9. The fourth-order valence-corrected chi connectivity index (χ4v) is 10.8. The largest absolute Gasteiger partial charge is 0.310 e. The molecule has 0 aliphatic heterocycles. The fourth-order valence-electron chi connectivity index (χ4n) is 10.8. The van der Waals surface area contributed by atoms with Gasteiger partial charge in [-0.3, -0.25) is 0 Å². The summed E-state index contributed by atoms with van der Waals surface area (Å²) >= 11 is 0. The summed E-state index contributed by atoms with van der Waals surface area (Å²) in [7, 11) is 0. The second-order valence-corrected chi connectivity index (χ2v) is 18.0. The molecule has 0 aliphatic rings. The lowest BCUT2D eigenvalue weighted by molar-refractivity contribution is 1.18. The van der Waals surface area contributed by atoms with Gasteiger partial charge in [-0.05, 0) is 132 Å². The SMILES string of the molecule is c1ccc(-c2ccccc2-c2ccccc2-c2ccccc2N(c2ccc(-c3ccc4c(ccc5ccccc54)c3)cc2)c2cccc(-c3cccc4c3c3ccccc3n4-c3ccccc3)c2)cc1. The van der Waals surface area contributed by atoms with Gasteiger partial charge in [-0.25, -0.2) is 0 Å². The maximum Gasteiger partial charge on any atom is 0.0547 e. The molecule has 0 unspecified atom stereocenters. The highest BCUT2D eigenvalue weighted by Gasteiger charge is 2.22. The van der Waals surface area contributed by atoms with Crippen LogP contribution in [0.15, 0.2) is 279 Å². The van der Waals surface area contributed by atoms with Crippen LogP contribution in [0.4, 0.5) is 17.1 Å². The first-order valence-corrected chi connectivity index (χ1v) is 24.1. The van der Waals surface area contributed by atoms with Crippen LogP contribution in [0.25, 0.3) is 105 Å². The molecule has 328 valence electrons. The molecule has 0 radical (unpaired) electrons. The fraction of sp³-hybridized carbons (Fsp3) is 0. The lowest BCUT2D eigenvalue weighted by Crippen LogP contribution is -2.11. The number of benzene rings is 12. The number of nitrogens with zero attached hydrogens (tertiary/aromatic N) is 2. The van der Waals surface area contributed by atoms with Crippen LogP contribution in [0.2, 0.25) is 0 Å². The highest BCUT2D eigenvalue weighted by molar-refractivity contribution is 6.16. The highest BCUT2D eigenvalue weighted by Crippen LogP contribution is 2.47. The van der Waals surface area contributed by atoms with Gasteiger partial charge in [-0.15, -0.1) is 0 Å². The molecule has 0 saturated carbocycles. The van der Waals surface area contributed by atoms with Crippen molar-refractivity contribution in [3.8, 4) is 61.3 Å². The zero-order valence-electron chi connectivity index (χ0n) is 38.5. The molecule has 0 bridgehead atoms. The summed E-state index contributed by atoms with van der Waals surface area (Å²) in [5.41, 5.74) is 18.6. The molecule has 0 aliphatic carbocycles. The Bertz CT molecular complexity index is 4050. The predicted molar refractivity (Wildman–Crippen MR) is 298 cm³/mol. The molecule has 1 aromatic heterocycles. The van der Waals surface area contributed by atoms with Crippen LogP contribution in [0, 0.1) is 0 Å². The van der Waals surface area contributed by atoms with Crippen molar-refractivity contribution >= 4 is 60.4 Å². The summed E-state index contributed by atoms with van der Waals surface area (Å²) in [4.78, 5) is 2.45. The molecular weight excluding hydrogens is 845 g/mol. The zero-order valence-corrected chi connectivity index (χ0v) is 38.5. The Morgan fingerprint density at radius 1 is 0.257 bits per heavy atom. The van der Waals surface area contributed by atoms with E-state index in [9.17, 15) is 0 Å². The van der Waals surface area contributed by atoms with E-state index >= 15 is 0 Å². The average Bonchev–Trinajstić information content (AvgIpc) is 3.78. The van der Waals surface area contributed by atoms with Gasteiger partial charge in [0, 0.05) is 33.4 Å². The van der Waals surface area contributed by atoms with Crippen LogP contribution < -0.4 is 4.90 Å². The van der Waals surface area contributed by atoms with Crippen LogP contribution in [0.1, 0.15) is 0 Å². The van der Waals surface area contributed by atoms with Crippen molar-refractivity contribution in [3.05, 3.63) is 279 Å². The van der Waals surface area contributed by atoms with Crippen molar-refractivity contribution in [2.24, 2.45) is 0 Å². The Hall–Kier alpha value is -9.24. The number of aromatic nitrogens is 1. The van der Waals surface area contributed by atoms with E-state index in [1.54, 1.807) is 0 Å². The number of hydrogen-bond donors (Lipinski definition) is 0. The first-order valence-electron chi connectivity index (χ1n) is 24.1. The molecule has 13 aromatic rings. The first kappa shape index (κ1) is 41.0. The van der Waals surface area contributed by atoms with Gasteiger partial charge in [0.1, 0.15) is 0 Å². The number of para-hydroxylation sites is 3. The standard InChI is InChI=1S/C68H46N2/c1-3-19-48(20-4-1)57-27-9-10-28-60(57)61-29-11-12-30-62(61)63-31-13-15-34-65(63)69(54-42-39-47(40-43-54)50-41-44-58-52(45-50)38-37-49-21-7-8-26-56(49)58)55-25-17-22-51(46-55)59-33-18-36-67-68(59)64-32-14-16-35-66(64)70(67)53-23-5-2-6-24-53/h1-46H. The van der Waals surface area contributed by atoms with Crippen LogP contribution >= 0.6 is 0 Å². The smallest absolute Gasteiger partial charge is 0.0547 e. The van der Waals surface area contributed by atoms with E-state index in [1.807, 2.05) is 0 Å². The third-order valence-electron chi connectivity index (χ3n) is 14.0. The van der Waals surface area contributed by atoms with Crippen molar-refractivity contribution in [1.29, 1.82) is 0 Å². The molecule has 0 saturated heterocycles. The van der Waals surface area contributed by atoms with E-state index < -0.39 is 0 Å². The topological polar surface area (TPSA) is 8.17 Å². The van der Waals surface area contributed by atoms with Gasteiger partial charge in [0.25, 0.3) is 0 Å². The molecular formula is C68H46N2. The maximum atomic E-state index is 2.45. The molecule has 2 heteroatoms. The minimum absolute atomic E-state index is 1.07. The lowest BCUT2D eigenvalue weighted by Gasteiger charge is -2.29. The summed E-state index contributed by atoms with van der Waals surface area (Å²) in [6.45, 7) is 0. The molecule has 0 amide bonds. The normalized spacial score (nSPS) is 11.4. The molecule has 0 spiro atoms. The van der Waals surface area contributed by atoms with E-state index in [0.717, 1.165) is 33.9 Å². The quantitative estimate of drug-likeness (QED) is 0.131. The zero-order chi connectivity index (χ0) is 46.4. The first-order chi connectivity index (χ1) is 34.7. The van der Waals surface area contributed by atoms with Gasteiger partial charge in [0.2, 0.25) is 0 Å². The number of fused-ring (bicyclic) bond motifs is 6. The van der Waals surface area contributed by atoms with Crippen molar-refractivity contribution in [3.63, 3.8) is 0 Å². The van der Waals surface area contributed by atoms with E-state index in [1.165, 1.54) is 87.9 Å². The molecule has 0 fully saturated rings. The minimum atomic E-state index is 1.07. The lowest BCUT2D eigenvalue weighted by atomic mass is 9.88. The van der Waals surface area contributed by atoms with E-state index in [0.29, 0.717) is 0 Å². The second kappa shape index (κ2) is 17.4. The Kier molecular flexibility index (Phi) is 10.2. The van der Waals surface area contributed by atoms with Gasteiger partial charge in [0.05, 0.1) is 16.7 Å².